The Bertz CT molecular complexity index is 649. The molecular formula is C11H6ClF17Si. The highest BCUT2D eigenvalue weighted by Crippen LogP contribution is 2.64. The van der Waals surface area contributed by atoms with Gasteiger partial charge in [0.2, 0.25) is 0 Å². The highest BCUT2D eigenvalue weighted by Gasteiger charge is 2.95. The van der Waals surface area contributed by atoms with Crippen molar-refractivity contribution in [2.45, 2.75) is 53.7 Å². The maximum absolute atomic E-state index is 13.5. The van der Waals surface area contributed by atoms with Gasteiger partial charge in [-0.2, -0.15) is 85.7 Å². The summed E-state index contributed by atoms with van der Waals surface area (Å²) in [4.78, 5) is 0. The van der Waals surface area contributed by atoms with Crippen LogP contribution in [0.2, 0.25) is 6.04 Å². The lowest BCUT2D eigenvalue weighted by molar-refractivity contribution is -0.460. The SMILES string of the molecule is C=C(C[SiH2]Cl)C(F)(F)C(F)(F)C(F)(F)C(F)(F)C(F)(F)C(F)(F)C(F)(F)C(F)(F)F. The molecule has 19 heteroatoms. The van der Waals surface area contributed by atoms with Crippen LogP contribution in [0.25, 0.3) is 0 Å². The van der Waals surface area contributed by atoms with Crippen molar-refractivity contribution in [3.63, 3.8) is 0 Å². The fraction of sp³-hybridized carbons (Fsp3) is 0.818. The summed E-state index contributed by atoms with van der Waals surface area (Å²) in [5, 5.41) is 0. The molecule has 0 N–H and O–H groups in total. The second kappa shape index (κ2) is 7.58. The van der Waals surface area contributed by atoms with Crippen LogP contribution in [0, 0.1) is 0 Å². The Labute approximate surface area is 161 Å². The number of hydrogen-bond donors (Lipinski definition) is 0. The molecule has 0 aromatic carbocycles. The van der Waals surface area contributed by atoms with E-state index < -0.39 is 68.1 Å². The predicted molar refractivity (Wildman–Crippen MR) is 69.0 cm³/mol. The number of rotatable bonds is 9. The smallest absolute Gasteiger partial charge is 0.194 e. The van der Waals surface area contributed by atoms with Crippen LogP contribution in [-0.4, -0.2) is 56.5 Å². The zero-order valence-electron chi connectivity index (χ0n) is 13.4. The van der Waals surface area contributed by atoms with Crippen molar-refractivity contribution in [3.8, 4) is 0 Å². The van der Waals surface area contributed by atoms with Crippen molar-refractivity contribution in [1.82, 2.24) is 0 Å². The molecule has 0 rings (SSSR count). The Morgan fingerprint density at radius 1 is 0.533 bits per heavy atom. The van der Waals surface area contributed by atoms with E-state index in [1.165, 1.54) is 0 Å². The van der Waals surface area contributed by atoms with Gasteiger partial charge in [-0.1, -0.05) is 6.58 Å². The second-order valence-corrected chi connectivity index (χ2v) is 7.57. The van der Waals surface area contributed by atoms with E-state index in [1.54, 1.807) is 0 Å². The molecule has 0 aliphatic carbocycles. The van der Waals surface area contributed by atoms with Gasteiger partial charge in [-0.3, -0.25) is 0 Å². The highest BCUT2D eigenvalue weighted by molar-refractivity contribution is 6.94. The molecule has 0 nitrogen and oxygen atoms in total. The molecule has 0 radical (unpaired) electrons. The Balaban J connectivity index is 6.73. The zero-order valence-corrected chi connectivity index (χ0v) is 15.6. The average Bonchev–Trinajstić information content (AvgIpc) is 2.52. The first-order valence-electron chi connectivity index (χ1n) is 6.69. The third-order valence-corrected chi connectivity index (χ3v) is 4.92. The molecule has 0 aromatic rings. The lowest BCUT2D eigenvalue weighted by Gasteiger charge is -2.43. The minimum atomic E-state index is -8.62. The lowest BCUT2D eigenvalue weighted by Crippen LogP contribution is -2.74. The molecule has 0 atom stereocenters. The van der Waals surface area contributed by atoms with Crippen molar-refractivity contribution in [2.24, 2.45) is 0 Å². The van der Waals surface area contributed by atoms with Crippen LogP contribution in [-0.2, 0) is 0 Å². The first kappa shape index (κ1) is 29.1. The van der Waals surface area contributed by atoms with E-state index in [4.69, 9.17) is 11.1 Å². The summed E-state index contributed by atoms with van der Waals surface area (Å²) in [5.41, 5.74) is -2.33. The summed E-state index contributed by atoms with van der Waals surface area (Å²) >= 11 is 4.94. The third-order valence-electron chi connectivity index (χ3n) is 3.56. The van der Waals surface area contributed by atoms with Crippen LogP contribution in [0.1, 0.15) is 0 Å². The van der Waals surface area contributed by atoms with Gasteiger partial charge in [-0.25, -0.2) is 0 Å². The highest BCUT2D eigenvalue weighted by atomic mass is 35.6. The van der Waals surface area contributed by atoms with Gasteiger partial charge in [-0.05, 0) is 11.6 Å². The van der Waals surface area contributed by atoms with Crippen molar-refractivity contribution < 1.29 is 74.6 Å². The Morgan fingerprint density at radius 2 is 0.800 bits per heavy atom. The number of hydrogen-bond acceptors (Lipinski definition) is 0. The van der Waals surface area contributed by atoms with E-state index in [-0.39, 0.29) is 0 Å². The molecule has 0 aliphatic rings. The predicted octanol–water partition coefficient (Wildman–Crippen LogP) is 6.29. The van der Waals surface area contributed by atoms with Crippen LogP contribution >= 0.6 is 11.1 Å². The second-order valence-electron chi connectivity index (χ2n) is 5.56. The molecule has 0 saturated heterocycles. The fourth-order valence-electron chi connectivity index (χ4n) is 1.66. The minimum absolute atomic E-state index is 1.40. The third kappa shape index (κ3) is 3.64. The molecule has 0 aromatic heterocycles. The van der Waals surface area contributed by atoms with Crippen LogP contribution in [0.3, 0.4) is 0 Å². The van der Waals surface area contributed by atoms with Gasteiger partial charge in [0.15, 0.2) is 0 Å². The van der Waals surface area contributed by atoms with Crippen molar-refractivity contribution >= 4 is 19.9 Å². The molecule has 0 unspecified atom stereocenters. The number of allylic oxidation sites excluding steroid dienone is 1. The van der Waals surface area contributed by atoms with Crippen LogP contribution < -0.4 is 0 Å². The van der Waals surface area contributed by atoms with Crippen molar-refractivity contribution in [1.29, 1.82) is 0 Å². The quantitative estimate of drug-likeness (QED) is 0.144. The number of alkyl halides is 17. The van der Waals surface area contributed by atoms with Crippen LogP contribution in [0.15, 0.2) is 12.2 Å². The van der Waals surface area contributed by atoms with Crippen LogP contribution in [0.5, 0.6) is 0 Å². The maximum Gasteiger partial charge on any atom is 0.460 e. The summed E-state index contributed by atoms with van der Waals surface area (Å²) in [6.45, 7) is 2.10. The van der Waals surface area contributed by atoms with E-state index in [0.29, 0.717) is 0 Å². The Morgan fingerprint density at radius 3 is 1.07 bits per heavy atom. The van der Waals surface area contributed by atoms with Gasteiger partial charge in [0.05, 0.1) is 0 Å². The van der Waals surface area contributed by atoms with Gasteiger partial charge in [-0.15, -0.1) is 0 Å². The van der Waals surface area contributed by atoms with E-state index >= 15 is 0 Å². The summed E-state index contributed by atoms with van der Waals surface area (Å²) in [7, 11) is -2.30. The van der Waals surface area contributed by atoms with Gasteiger partial charge >= 0.3 is 47.6 Å². The minimum Gasteiger partial charge on any atom is -0.194 e. The summed E-state index contributed by atoms with van der Waals surface area (Å²) < 4.78 is 220. The molecule has 0 heterocycles. The average molecular weight is 525 g/mol. The van der Waals surface area contributed by atoms with E-state index in [2.05, 4.69) is 6.58 Å². The van der Waals surface area contributed by atoms with Gasteiger partial charge in [0.25, 0.3) is 0 Å². The topological polar surface area (TPSA) is 0 Å². The molecule has 0 amide bonds. The molecule has 0 bridgehead atoms. The molecule has 30 heavy (non-hydrogen) atoms. The molecule has 0 saturated carbocycles. The summed E-state index contributed by atoms with van der Waals surface area (Å²) in [5.74, 6) is -56.4. The maximum atomic E-state index is 13.5. The van der Waals surface area contributed by atoms with Crippen LogP contribution in [0.4, 0.5) is 74.6 Å². The Hall–Kier alpha value is -0.943. The monoisotopic (exact) mass is 524 g/mol. The molecule has 180 valence electrons. The normalized spacial score (nSPS) is 16.5. The fourth-order valence-corrected chi connectivity index (χ4v) is 2.88. The number of halogens is 18. The molecule has 0 aliphatic heterocycles. The van der Waals surface area contributed by atoms with Gasteiger partial charge in [0, 0.05) is 0 Å². The molecule has 0 spiro atoms. The van der Waals surface area contributed by atoms with E-state index in [0.717, 1.165) is 0 Å². The summed E-state index contributed by atoms with van der Waals surface area (Å²) in [6.07, 6.45) is -7.77. The lowest BCUT2D eigenvalue weighted by atomic mass is 9.87. The largest absolute Gasteiger partial charge is 0.460 e. The Kier molecular flexibility index (Phi) is 7.34. The summed E-state index contributed by atoms with van der Waals surface area (Å²) in [6, 6.07) is -1.40. The van der Waals surface area contributed by atoms with E-state index in [9.17, 15) is 74.6 Å². The standard InChI is InChI=1S/C11H6ClF17Si/c1-3(2-30-12)4(13,14)5(15,16)6(17,18)7(19,20)8(21,22)9(23,24)10(25,26)11(27,28)29/h1-2,30H2. The van der Waals surface area contributed by atoms with Crippen molar-refractivity contribution in [2.75, 3.05) is 0 Å². The van der Waals surface area contributed by atoms with E-state index in [1.807, 2.05) is 0 Å². The molecular weight excluding hydrogens is 519 g/mol. The zero-order chi connectivity index (χ0) is 25.0. The first-order valence-corrected chi connectivity index (χ1v) is 9.83. The van der Waals surface area contributed by atoms with Crippen molar-refractivity contribution in [3.05, 3.63) is 12.2 Å². The van der Waals surface area contributed by atoms with Gasteiger partial charge < -0.3 is 0 Å². The van der Waals surface area contributed by atoms with Gasteiger partial charge in [0.1, 0.15) is 8.83 Å². The molecule has 0 fully saturated rings. The first-order chi connectivity index (χ1) is 12.7.